The first-order valence-electron chi connectivity index (χ1n) is 9.41. The summed E-state index contributed by atoms with van der Waals surface area (Å²) in [5, 5.41) is 0. The monoisotopic (exact) mass is 352 g/mol. The first-order chi connectivity index (χ1) is 12.6. The van der Waals surface area contributed by atoms with Crippen LogP contribution in [0.15, 0.2) is 54.6 Å². The third-order valence-corrected chi connectivity index (χ3v) is 4.67. The molecule has 3 rings (SSSR count). The van der Waals surface area contributed by atoms with Crippen molar-refractivity contribution in [2.45, 2.75) is 20.5 Å². The van der Waals surface area contributed by atoms with E-state index in [1.165, 1.54) is 0 Å². The molecule has 26 heavy (non-hydrogen) atoms. The Morgan fingerprint density at radius 1 is 0.962 bits per heavy atom. The van der Waals surface area contributed by atoms with E-state index >= 15 is 0 Å². The number of rotatable bonds is 6. The van der Waals surface area contributed by atoms with Gasteiger partial charge in [0.05, 0.1) is 0 Å². The van der Waals surface area contributed by atoms with Crippen molar-refractivity contribution in [1.29, 1.82) is 0 Å². The van der Waals surface area contributed by atoms with E-state index < -0.39 is 0 Å². The Kier molecular flexibility index (Phi) is 6.29. The SMILES string of the molecule is CC(C)CN1CCN(C(=O)c2ccccc2COc2ccccc2)CC1. The van der Waals surface area contributed by atoms with E-state index in [4.69, 9.17) is 4.74 Å². The smallest absolute Gasteiger partial charge is 0.254 e. The fourth-order valence-corrected chi connectivity index (χ4v) is 3.35. The van der Waals surface area contributed by atoms with Crippen LogP contribution in [0.1, 0.15) is 29.8 Å². The van der Waals surface area contributed by atoms with Crippen molar-refractivity contribution >= 4 is 5.91 Å². The van der Waals surface area contributed by atoms with Crippen LogP contribution in [0, 0.1) is 5.92 Å². The van der Waals surface area contributed by atoms with Crippen molar-refractivity contribution in [1.82, 2.24) is 9.80 Å². The van der Waals surface area contributed by atoms with Crippen LogP contribution >= 0.6 is 0 Å². The first-order valence-corrected chi connectivity index (χ1v) is 9.41. The molecule has 0 unspecified atom stereocenters. The van der Waals surface area contributed by atoms with Crippen LogP contribution < -0.4 is 4.74 Å². The zero-order valence-corrected chi connectivity index (χ0v) is 15.7. The maximum atomic E-state index is 13.0. The van der Waals surface area contributed by atoms with Gasteiger partial charge < -0.3 is 9.64 Å². The number of ether oxygens (including phenoxy) is 1. The fraction of sp³-hybridized carbons (Fsp3) is 0.409. The zero-order valence-electron chi connectivity index (χ0n) is 15.7. The second kappa shape index (κ2) is 8.86. The number of hydrogen-bond donors (Lipinski definition) is 0. The third-order valence-electron chi connectivity index (χ3n) is 4.67. The summed E-state index contributed by atoms with van der Waals surface area (Å²) in [6, 6.07) is 17.5. The molecule has 0 N–H and O–H groups in total. The second-order valence-electron chi connectivity index (χ2n) is 7.25. The topological polar surface area (TPSA) is 32.8 Å². The van der Waals surface area contributed by atoms with Crippen molar-refractivity contribution < 1.29 is 9.53 Å². The fourth-order valence-electron chi connectivity index (χ4n) is 3.35. The molecule has 0 saturated carbocycles. The average molecular weight is 352 g/mol. The van der Waals surface area contributed by atoms with E-state index in [0.29, 0.717) is 12.5 Å². The van der Waals surface area contributed by atoms with E-state index in [1.807, 2.05) is 59.5 Å². The van der Waals surface area contributed by atoms with Gasteiger partial charge in [0.25, 0.3) is 5.91 Å². The minimum atomic E-state index is 0.112. The van der Waals surface area contributed by atoms with E-state index in [9.17, 15) is 4.79 Å². The van der Waals surface area contributed by atoms with Gasteiger partial charge >= 0.3 is 0 Å². The Labute approximate surface area is 156 Å². The number of carbonyl (C=O) groups excluding carboxylic acids is 1. The highest BCUT2D eigenvalue weighted by atomic mass is 16.5. The van der Waals surface area contributed by atoms with E-state index in [1.54, 1.807) is 0 Å². The summed E-state index contributed by atoms with van der Waals surface area (Å²) in [6.45, 7) is 9.46. The molecule has 0 radical (unpaired) electrons. The molecule has 1 saturated heterocycles. The molecular weight excluding hydrogens is 324 g/mol. The van der Waals surface area contributed by atoms with Gasteiger partial charge in [0.1, 0.15) is 12.4 Å². The molecule has 2 aromatic carbocycles. The lowest BCUT2D eigenvalue weighted by atomic mass is 10.1. The summed E-state index contributed by atoms with van der Waals surface area (Å²) in [4.78, 5) is 17.4. The minimum Gasteiger partial charge on any atom is -0.489 e. The van der Waals surface area contributed by atoms with Crippen molar-refractivity contribution in [3.05, 3.63) is 65.7 Å². The number of piperazine rings is 1. The van der Waals surface area contributed by atoms with Crippen molar-refractivity contribution in [3.63, 3.8) is 0 Å². The molecule has 0 spiro atoms. The lowest BCUT2D eigenvalue weighted by molar-refractivity contribution is 0.0621. The summed E-state index contributed by atoms with van der Waals surface area (Å²) in [6.07, 6.45) is 0. The number of nitrogens with zero attached hydrogens (tertiary/aromatic N) is 2. The largest absolute Gasteiger partial charge is 0.489 e. The highest BCUT2D eigenvalue weighted by molar-refractivity contribution is 5.95. The average Bonchev–Trinajstić information content (AvgIpc) is 2.67. The van der Waals surface area contributed by atoms with Crippen LogP contribution in [0.2, 0.25) is 0 Å². The van der Waals surface area contributed by atoms with Crippen LogP contribution in [-0.4, -0.2) is 48.4 Å². The molecule has 4 heteroatoms. The van der Waals surface area contributed by atoms with Gasteiger partial charge in [-0.25, -0.2) is 0 Å². The number of hydrogen-bond acceptors (Lipinski definition) is 3. The highest BCUT2D eigenvalue weighted by Gasteiger charge is 2.23. The van der Waals surface area contributed by atoms with Gasteiger partial charge in [0.15, 0.2) is 0 Å². The Hall–Kier alpha value is -2.33. The molecule has 138 valence electrons. The Balaban J connectivity index is 1.63. The van der Waals surface area contributed by atoms with Crippen LogP contribution in [0.5, 0.6) is 5.75 Å². The molecule has 0 bridgehead atoms. The molecule has 0 atom stereocenters. The summed E-state index contributed by atoms with van der Waals surface area (Å²) in [5.74, 6) is 1.59. The number of para-hydroxylation sites is 1. The summed E-state index contributed by atoms with van der Waals surface area (Å²) >= 11 is 0. The van der Waals surface area contributed by atoms with Crippen LogP contribution in [0.4, 0.5) is 0 Å². The van der Waals surface area contributed by atoms with Gasteiger partial charge in [-0.05, 0) is 24.1 Å². The quantitative estimate of drug-likeness (QED) is 0.795. The standard InChI is InChI=1S/C22H28N2O2/c1-18(2)16-23-12-14-24(15-13-23)22(25)21-11-7-6-8-19(21)17-26-20-9-4-3-5-10-20/h3-11,18H,12-17H2,1-2H3. The molecule has 1 fully saturated rings. The van der Waals surface area contributed by atoms with Crippen LogP contribution in [-0.2, 0) is 6.61 Å². The van der Waals surface area contributed by atoms with Gasteiger partial charge in [0.2, 0.25) is 0 Å². The molecule has 0 aliphatic carbocycles. The normalized spacial score (nSPS) is 15.3. The molecule has 1 aliphatic heterocycles. The number of amides is 1. The molecular formula is C22H28N2O2. The lowest BCUT2D eigenvalue weighted by Crippen LogP contribution is -2.49. The van der Waals surface area contributed by atoms with Crippen molar-refractivity contribution in [2.75, 3.05) is 32.7 Å². The Morgan fingerprint density at radius 3 is 2.31 bits per heavy atom. The predicted octanol–water partition coefficient (Wildman–Crippen LogP) is 3.68. The third kappa shape index (κ3) is 4.85. The zero-order chi connectivity index (χ0) is 18.4. The van der Waals surface area contributed by atoms with Gasteiger partial charge in [-0.15, -0.1) is 0 Å². The number of benzene rings is 2. The molecule has 1 amide bonds. The Bertz CT molecular complexity index is 707. The summed E-state index contributed by atoms with van der Waals surface area (Å²) in [7, 11) is 0. The van der Waals surface area contributed by atoms with E-state index in [0.717, 1.165) is 49.6 Å². The van der Waals surface area contributed by atoms with Gasteiger partial charge in [-0.2, -0.15) is 0 Å². The summed E-state index contributed by atoms with van der Waals surface area (Å²) in [5.41, 5.74) is 1.69. The summed E-state index contributed by atoms with van der Waals surface area (Å²) < 4.78 is 5.85. The van der Waals surface area contributed by atoms with Gasteiger partial charge in [0, 0.05) is 43.9 Å². The predicted molar refractivity (Wildman–Crippen MR) is 104 cm³/mol. The molecule has 1 heterocycles. The van der Waals surface area contributed by atoms with Gasteiger partial charge in [-0.1, -0.05) is 50.2 Å². The highest BCUT2D eigenvalue weighted by Crippen LogP contribution is 2.17. The first kappa shape index (κ1) is 18.5. The molecule has 2 aromatic rings. The molecule has 4 nitrogen and oxygen atoms in total. The van der Waals surface area contributed by atoms with Crippen molar-refractivity contribution in [2.24, 2.45) is 5.92 Å². The second-order valence-corrected chi connectivity index (χ2v) is 7.25. The van der Waals surface area contributed by atoms with Gasteiger partial charge in [-0.3, -0.25) is 9.69 Å². The minimum absolute atomic E-state index is 0.112. The molecule has 1 aliphatic rings. The Morgan fingerprint density at radius 2 is 1.62 bits per heavy atom. The van der Waals surface area contributed by atoms with Crippen LogP contribution in [0.3, 0.4) is 0 Å². The number of carbonyl (C=O) groups is 1. The lowest BCUT2D eigenvalue weighted by Gasteiger charge is -2.35. The van der Waals surface area contributed by atoms with E-state index in [-0.39, 0.29) is 5.91 Å². The van der Waals surface area contributed by atoms with Crippen LogP contribution in [0.25, 0.3) is 0 Å². The molecule has 0 aromatic heterocycles. The maximum Gasteiger partial charge on any atom is 0.254 e. The van der Waals surface area contributed by atoms with Crippen molar-refractivity contribution in [3.8, 4) is 5.75 Å². The maximum absolute atomic E-state index is 13.0. The van der Waals surface area contributed by atoms with E-state index in [2.05, 4.69) is 18.7 Å².